The molecule has 2 fully saturated rings. The molecule has 0 aromatic rings. The maximum atomic E-state index is 12.1. The smallest absolute Gasteiger partial charge is 0.240 e. The first-order valence-electron chi connectivity index (χ1n) is 5.94. The zero-order chi connectivity index (χ0) is 10.8. The summed E-state index contributed by atoms with van der Waals surface area (Å²) in [4.78, 5) is 14.1. The quantitative estimate of drug-likeness (QED) is 0.683. The summed E-state index contributed by atoms with van der Waals surface area (Å²) in [7, 11) is 0. The Morgan fingerprint density at radius 3 is 3.00 bits per heavy atom. The third-order valence-corrected chi connectivity index (χ3v) is 3.54. The minimum absolute atomic E-state index is 0.146. The van der Waals surface area contributed by atoms with E-state index in [2.05, 4.69) is 12.2 Å². The number of carbonyl (C=O) groups is 1. The Hall–Kier alpha value is -0.610. The van der Waals surface area contributed by atoms with E-state index in [9.17, 15) is 9.90 Å². The molecule has 0 saturated carbocycles. The lowest BCUT2D eigenvalue weighted by Crippen LogP contribution is -2.45. The lowest BCUT2D eigenvalue weighted by Gasteiger charge is -2.26. The third kappa shape index (κ3) is 2.16. The van der Waals surface area contributed by atoms with E-state index in [0.717, 1.165) is 25.8 Å². The van der Waals surface area contributed by atoms with E-state index in [4.69, 9.17) is 0 Å². The van der Waals surface area contributed by atoms with Crippen LogP contribution in [0.4, 0.5) is 0 Å². The molecule has 2 saturated heterocycles. The second kappa shape index (κ2) is 4.49. The van der Waals surface area contributed by atoms with Gasteiger partial charge in [-0.05, 0) is 25.7 Å². The number of likely N-dealkylation sites (tertiary alicyclic amines) is 1. The van der Waals surface area contributed by atoms with Crippen LogP contribution in [0.1, 0.15) is 32.6 Å². The van der Waals surface area contributed by atoms with E-state index in [-0.39, 0.29) is 18.1 Å². The van der Waals surface area contributed by atoms with Gasteiger partial charge in [-0.3, -0.25) is 4.79 Å². The molecule has 3 atom stereocenters. The van der Waals surface area contributed by atoms with Crippen molar-refractivity contribution in [2.45, 2.75) is 50.8 Å². The summed E-state index contributed by atoms with van der Waals surface area (Å²) >= 11 is 0. The molecule has 0 radical (unpaired) electrons. The Labute approximate surface area is 90.6 Å². The zero-order valence-electron chi connectivity index (χ0n) is 9.28. The fraction of sp³-hybridized carbons (Fsp3) is 0.909. The standard InChI is InChI=1S/C11H20N2O2/c1-2-8-4-3-5-13(8)11(15)10-6-9(14)7-12-10/h8-10,12,14H,2-7H2,1H3. The largest absolute Gasteiger partial charge is 0.392 e. The molecule has 0 aromatic heterocycles. The summed E-state index contributed by atoms with van der Waals surface area (Å²) < 4.78 is 0. The van der Waals surface area contributed by atoms with Gasteiger partial charge in [0.15, 0.2) is 0 Å². The lowest BCUT2D eigenvalue weighted by atomic mass is 10.1. The number of hydrogen-bond acceptors (Lipinski definition) is 3. The molecule has 2 heterocycles. The van der Waals surface area contributed by atoms with Gasteiger partial charge < -0.3 is 15.3 Å². The van der Waals surface area contributed by atoms with Crippen molar-refractivity contribution in [1.82, 2.24) is 10.2 Å². The number of aliphatic hydroxyl groups excluding tert-OH is 1. The van der Waals surface area contributed by atoms with E-state index < -0.39 is 0 Å². The highest BCUT2D eigenvalue weighted by molar-refractivity contribution is 5.82. The van der Waals surface area contributed by atoms with E-state index in [1.54, 1.807) is 0 Å². The molecule has 0 spiro atoms. The number of aliphatic hydroxyl groups is 1. The Morgan fingerprint density at radius 1 is 1.60 bits per heavy atom. The normalized spacial score (nSPS) is 36.1. The summed E-state index contributed by atoms with van der Waals surface area (Å²) in [5.41, 5.74) is 0. The fourth-order valence-electron chi connectivity index (χ4n) is 2.66. The van der Waals surface area contributed by atoms with E-state index in [1.807, 2.05) is 4.90 Å². The highest BCUT2D eigenvalue weighted by Gasteiger charge is 2.35. The van der Waals surface area contributed by atoms with Crippen molar-refractivity contribution in [2.24, 2.45) is 0 Å². The van der Waals surface area contributed by atoms with E-state index in [1.165, 1.54) is 0 Å². The molecule has 2 N–H and O–H groups in total. The van der Waals surface area contributed by atoms with Gasteiger partial charge in [0.1, 0.15) is 0 Å². The molecule has 3 unspecified atom stereocenters. The Morgan fingerprint density at radius 2 is 2.40 bits per heavy atom. The maximum Gasteiger partial charge on any atom is 0.240 e. The first kappa shape index (κ1) is 10.9. The van der Waals surface area contributed by atoms with Crippen LogP contribution in [0.25, 0.3) is 0 Å². The van der Waals surface area contributed by atoms with Gasteiger partial charge in [0, 0.05) is 19.1 Å². The van der Waals surface area contributed by atoms with Gasteiger partial charge in [-0.15, -0.1) is 0 Å². The summed E-state index contributed by atoms with van der Waals surface area (Å²) in [6, 6.07) is 0.282. The highest BCUT2D eigenvalue weighted by Crippen LogP contribution is 2.22. The molecule has 4 nitrogen and oxygen atoms in total. The van der Waals surface area contributed by atoms with Crippen LogP contribution in [0.5, 0.6) is 0 Å². The molecule has 0 aromatic carbocycles. The van der Waals surface area contributed by atoms with Crippen LogP contribution in [0.15, 0.2) is 0 Å². The molecule has 2 rings (SSSR count). The van der Waals surface area contributed by atoms with Gasteiger partial charge in [-0.2, -0.15) is 0 Å². The molecule has 4 heteroatoms. The van der Waals surface area contributed by atoms with Gasteiger partial charge in [0.05, 0.1) is 12.1 Å². The van der Waals surface area contributed by atoms with Gasteiger partial charge in [-0.25, -0.2) is 0 Å². The molecule has 0 bridgehead atoms. The number of amides is 1. The monoisotopic (exact) mass is 212 g/mol. The van der Waals surface area contributed by atoms with E-state index >= 15 is 0 Å². The van der Waals surface area contributed by atoms with Gasteiger partial charge >= 0.3 is 0 Å². The second-order valence-electron chi connectivity index (χ2n) is 4.59. The SMILES string of the molecule is CCC1CCCN1C(=O)C1CC(O)CN1. The minimum atomic E-state index is -0.346. The second-order valence-corrected chi connectivity index (χ2v) is 4.59. The van der Waals surface area contributed by atoms with Crippen molar-refractivity contribution >= 4 is 5.91 Å². The molecule has 15 heavy (non-hydrogen) atoms. The van der Waals surface area contributed by atoms with Crippen molar-refractivity contribution in [3.8, 4) is 0 Å². The first-order chi connectivity index (χ1) is 7.22. The minimum Gasteiger partial charge on any atom is -0.392 e. The van der Waals surface area contributed by atoms with Crippen LogP contribution in [0, 0.1) is 0 Å². The van der Waals surface area contributed by atoms with Crippen molar-refractivity contribution in [1.29, 1.82) is 0 Å². The molecule has 0 aliphatic carbocycles. The van der Waals surface area contributed by atoms with Crippen LogP contribution in [0.3, 0.4) is 0 Å². The van der Waals surface area contributed by atoms with Gasteiger partial charge in [0.2, 0.25) is 5.91 Å². The van der Waals surface area contributed by atoms with Crippen molar-refractivity contribution in [3.05, 3.63) is 0 Å². The van der Waals surface area contributed by atoms with E-state index in [0.29, 0.717) is 19.0 Å². The Bertz CT molecular complexity index is 245. The van der Waals surface area contributed by atoms with Crippen molar-refractivity contribution in [2.75, 3.05) is 13.1 Å². The zero-order valence-corrected chi connectivity index (χ0v) is 9.28. The van der Waals surface area contributed by atoms with Crippen LogP contribution >= 0.6 is 0 Å². The molecular weight excluding hydrogens is 192 g/mol. The predicted octanol–water partition coefficient (Wildman–Crippen LogP) is 0.110. The number of β-amino-alcohol motifs (C(OH)–C–C–N with tert-alkyl or cyclic N) is 1. The molecule has 2 aliphatic heterocycles. The fourth-order valence-corrected chi connectivity index (χ4v) is 2.66. The summed E-state index contributed by atoms with van der Waals surface area (Å²) in [5.74, 6) is 0.191. The maximum absolute atomic E-state index is 12.1. The number of carbonyl (C=O) groups excluding carboxylic acids is 1. The number of rotatable bonds is 2. The topological polar surface area (TPSA) is 52.6 Å². The number of hydrogen-bond donors (Lipinski definition) is 2. The summed E-state index contributed by atoms with van der Waals surface area (Å²) in [5, 5.41) is 12.5. The Balaban J connectivity index is 1.95. The predicted molar refractivity (Wildman–Crippen MR) is 57.4 cm³/mol. The third-order valence-electron chi connectivity index (χ3n) is 3.54. The first-order valence-corrected chi connectivity index (χ1v) is 5.94. The molecular formula is C11H20N2O2. The van der Waals surface area contributed by atoms with Crippen LogP contribution in [-0.4, -0.2) is 47.2 Å². The van der Waals surface area contributed by atoms with Gasteiger partial charge in [0.25, 0.3) is 0 Å². The molecule has 86 valence electrons. The van der Waals surface area contributed by atoms with Crippen molar-refractivity contribution in [3.63, 3.8) is 0 Å². The average molecular weight is 212 g/mol. The molecule has 2 aliphatic rings. The number of nitrogens with one attached hydrogen (secondary N) is 1. The Kier molecular flexibility index (Phi) is 3.26. The van der Waals surface area contributed by atoms with Gasteiger partial charge in [-0.1, -0.05) is 6.92 Å². The lowest BCUT2D eigenvalue weighted by molar-refractivity contribution is -0.134. The van der Waals surface area contributed by atoms with Crippen LogP contribution < -0.4 is 5.32 Å². The van der Waals surface area contributed by atoms with Crippen LogP contribution in [-0.2, 0) is 4.79 Å². The average Bonchev–Trinajstić information content (AvgIpc) is 2.84. The summed E-state index contributed by atoms with van der Waals surface area (Å²) in [6.45, 7) is 3.58. The number of nitrogens with zero attached hydrogens (tertiary/aromatic N) is 1. The molecule has 1 amide bonds. The highest BCUT2D eigenvalue weighted by atomic mass is 16.3. The van der Waals surface area contributed by atoms with Crippen LogP contribution in [0.2, 0.25) is 0 Å². The summed E-state index contributed by atoms with van der Waals surface area (Å²) in [6.07, 6.45) is 3.53. The van der Waals surface area contributed by atoms with Crippen molar-refractivity contribution < 1.29 is 9.90 Å².